The van der Waals surface area contributed by atoms with Gasteiger partial charge in [-0.25, -0.2) is 0 Å². The van der Waals surface area contributed by atoms with E-state index in [1.165, 1.54) is 41.5 Å². The topological polar surface area (TPSA) is 13.1 Å². The zero-order valence-electron chi connectivity index (χ0n) is 8.47. The summed E-state index contributed by atoms with van der Waals surface area (Å²) in [5.74, 6) is 1.24. The summed E-state index contributed by atoms with van der Waals surface area (Å²) >= 11 is 0. The van der Waals surface area contributed by atoms with E-state index in [1.54, 1.807) is 0 Å². The summed E-state index contributed by atoms with van der Waals surface area (Å²) in [4.78, 5) is 0. The fourth-order valence-electron chi connectivity index (χ4n) is 2.50. The Labute approximate surface area is 83.7 Å². The first-order chi connectivity index (χ1) is 6.86. The number of hydrogen-bond acceptors (Lipinski definition) is 1. The standard InChI is InChI=1S/C13H14O/c1-9-5-4-8-12-13(9)10-6-2-3-7-11(10)14-12/h4-5,8H,2-3,6-7H2,1H3. The lowest BCUT2D eigenvalue weighted by atomic mass is 9.94. The third-order valence-corrected chi connectivity index (χ3v) is 3.19. The maximum Gasteiger partial charge on any atom is 0.134 e. The van der Waals surface area contributed by atoms with Crippen LogP contribution < -0.4 is 0 Å². The second-order valence-electron chi connectivity index (χ2n) is 4.16. The van der Waals surface area contributed by atoms with Crippen molar-refractivity contribution in [1.29, 1.82) is 0 Å². The number of furan rings is 1. The van der Waals surface area contributed by atoms with E-state index in [0.717, 1.165) is 12.0 Å². The molecule has 1 aromatic heterocycles. The highest BCUT2D eigenvalue weighted by Gasteiger charge is 2.18. The van der Waals surface area contributed by atoms with Gasteiger partial charge in [0.15, 0.2) is 0 Å². The molecule has 0 unspecified atom stereocenters. The van der Waals surface area contributed by atoms with Crippen molar-refractivity contribution in [3.05, 3.63) is 35.1 Å². The van der Waals surface area contributed by atoms with Crippen LogP contribution in [-0.2, 0) is 12.8 Å². The lowest BCUT2D eigenvalue weighted by molar-refractivity contribution is 0.506. The van der Waals surface area contributed by atoms with Crippen molar-refractivity contribution in [3.8, 4) is 0 Å². The normalized spacial score (nSPS) is 15.8. The SMILES string of the molecule is Cc1cccc2oc3c(c12)CCCC3. The molecule has 0 spiro atoms. The highest BCUT2D eigenvalue weighted by atomic mass is 16.3. The molecule has 0 fully saturated rings. The van der Waals surface area contributed by atoms with Gasteiger partial charge in [0.25, 0.3) is 0 Å². The molecule has 1 heteroatoms. The molecule has 0 amide bonds. The van der Waals surface area contributed by atoms with Crippen LogP contribution in [0.1, 0.15) is 29.7 Å². The van der Waals surface area contributed by atoms with Gasteiger partial charge >= 0.3 is 0 Å². The molecule has 72 valence electrons. The van der Waals surface area contributed by atoms with E-state index in [2.05, 4.69) is 25.1 Å². The van der Waals surface area contributed by atoms with Crippen LogP contribution in [0.3, 0.4) is 0 Å². The van der Waals surface area contributed by atoms with E-state index in [4.69, 9.17) is 4.42 Å². The molecule has 0 aliphatic heterocycles. The zero-order chi connectivity index (χ0) is 9.54. The molecule has 0 radical (unpaired) electrons. The molecule has 1 heterocycles. The molecule has 1 nitrogen and oxygen atoms in total. The summed E-state index contributed by atoms with van der Waals surface area (Å²) in [5, 5.41) is 1.38. The number of fused-ring (bicyclic) bond motifs is 3. The van der Waals surface area contributed by atoms with Crippen molar-refractivity contribution in [3.63, 3.8) is 0 Å². The quantitative estimate of drug-likeness (QED) is 0.612. The fourth-order valence-corrected chi connectivity index (χ4v) is 2.50. The molecule has 14 heavy (non-hydrogen) atoms. The Kier molecular flexibility index (Phi) is 1.66. The largest absolute Gasteiger partial charge is 0.461 e. The highest BCUT2D eigenvalue weighted by molar-refractivity contribution is 5.85. The zero-order valence-corrected chi connectivity index (χ0v) is 8.47. The van der Waals surface area contributed by atoms with E-state index in [9.17, 15) is 0 Å². The van der Waals surface area contributed by atoms with Gasteiger partial charge < -0.3 is 4.42 Å². The summed E-state index contributed by atoms with van der Waals surface area (Å²) in [7, 11) is 0. The van der Waals surface area contributed by atoms with Crippen molar-refractivity contribution in [2.45, 2.75) is 32.6 Å². The molecule has 0 atom stereocenters. The monoisotopic (exact) mass is 186 g/mol. The molecule has 0 N–H and O–H groups in total. The Bertz CT molecular complexity index is 479. The van der Waals surface area contributed by atoms with Crippen LogP contribution in [-0.4, -0.2) is 0 Å². The van der Waals surface area contributed by atoms with E-state index >= 15 is 0 Å². The Morgan fingerprint density at radius 3 is 2.93 bits per heavy atom. The number of aryl methyl sites for hydroxylation is 3. The predicted molar refractivity (Wildman–Crippen MR) is 57.6 cm³/mol. The van der Waals surface area contributed by atoms with Gasteiger partial charge in [-0.15, -0.1) is 0 Å². The summed E-state index contributed by atoms with van der Waals surface area (Å²) in [5.41, 5.74) is 3.91. The molecule has 0 saturated heterocycles. The minimum atomic E-state index is 1.08. The van der Waals surface area contributed by atoms with Crippen LogP contribution in [0.4, 0.5) is 0 Å². The van der Waals surface area contributed by atoms with Crippen molar-refractivity contribution < 1.29 is 4.42 Å². The highest BCUT2D eigenvalue weighted by Crippen LogP contribution is 2.33. The predicted octanol–water partition coefficient (Wildman–Crippen LogP) is 3.62. The molecular formula is C13H14O. The maximum absolute atomic E-state index is 5.87. The summed E-state index contributed by atoms with van der Waals surface area (Å²) < 4.78 is 5.87. The third kappa shape index (κ3) is 1.02. The molecule has 0 saturated carbocycles. The van der Waals surface area contributed by atoms with Crippen LogP contribution in [0.5, 0.6) is 0 Å². The van der Waals surface area contributed by atoms with Gasteiger partial charge in [-0.1, -0.05) is 12.1 Å². The van der Waals surface area contributed by atoms with Crippen molar-refractivity contribution in [2.75, 3.05) is 0 Å². The lowest BCUT2D eigenvalue weighted by Crippen LogP contribution is -1.98. The minimum Gasteiger partial charge on any atom is -0.461 e. The Balaban J connectivity index is 2.38. The van der Waals surface area contributed by atoms with Crippen molar-refractivity contribution in [2.24, 2.45) is 0 Å². The summed E-state index contributed by atoms with van der Waals surface area (Å²) in [6, 6.07) is 6.33. The molecule has 1 aliphatic carbocycles. The van der Waals surface area contributed by atoms with Crippen LogP contribution in [0.2, 0.25) is 0 Å². The van der Waals surface area contributed by atoms with Gasteiger partial charge in [0, 0.05) is 17.4 Å². The Morgan fingerprint density at radius 1 is 1.14 bits per heavy atom. The van der Waals surface area contributed by atoms with Crippen molar-refractivity contribution in [1.82, 2.24) is 0 Å². The second-order valence-corrected chi connectivity index (χ2v) is 4.16. The van der Waals surface area contributed by atoms with Gasteiger partial charge in [-0.05, 0) is 37.8 Å². The summed E-state index contributed by atoms with van der Waals surface area (Å²) in [6.07, 6.45) is 4.93. The lowest BCUT2D eigenvalue weighted by Gasteiger charge is -2.09. The molecule has 1 aliphatic rings. The maximum atomic E-state index is 5.87. The molecular weight excluding hydrogens is 172 g/mol. The molecule has 1 aromatic carbocycles. The van der Waals surface area contributed by atoms with Gasteiger partial charge in [-0.3, -0.25) is 0 Å². The smallest absolute Gasteiger partial charge is 0.134 e. The van der Waals surface area contributed by atoms with Crippen LogP contribution in [0.25, 0.3) is 11.0 Å². The van der Waals surface area contributed by atoms with E-state index in [-0.39, 0.29) is 0 Å². The van der Waals surface area contributed by atoms with E-state index in [0.29, 0.717) is 0 Å². The van der Waals surface area contributed by atoms with Gasteiger partial charge in [0.1, 0.15) is 11.3 Å². The average Bonchev–Trinajstić information content (AvgIpc) is 2.57. The number of benzene rings is 1. The first kappa shape index (κ1) is 8.10. The Morgan fingerprint density at radius 2 is 2.00 bits per heavy atom. The van der Waals surface area contributed by atoms with Crippen LogP contribution in [0.15, 0.2) is 22.6 Å². The van der Waals surface area contributed by atoms with E-state index < -0.39 is 0 Å². The van der Waals surface area contributed by atoms with Gasteiger partial charge in [0.05, 0.1) is 0 Å². The average molecular weight is 186 g/mol. The fraction of sp³-hybridized carbons (Fsp3) is 0.385. The number of rotatable bonds is 0. The molecule has 3 rings (SSSR count). The van der Waals surface area contributed by atoms with Crippen LogP contribution >= 0.6 is 0 Å². The molecule has 2 aromatic rings. The van der Waals surface area contributed by atoms with Gasteiger partial charge in [0.2, 0.25) is 0 Å². The second kappa shape index (κ2) is 2.88. The first-order valence-electron chi connectivity index (χ1n) is 5.36. The summed E-state index contributed by atoms with van der Waals surface area (Å²) in [6.45, 7) is 2.17. The van der Waals surface area contributed by atoms with Crippen LogP contribution in [0, 0.1) is 6.92 Å². The first-order valence-corrected chi connectivity index (χ1v) is 5.36. The number of hydrogen-bond donors (Lipinski definition) is 0. The third-order valence-electron chi connectivity index (χ3n) is 3.19. The minimum absolute atomic E-state index is 1.08. The van der Waals surface area contributed by atoms with Gasteiger partial charge in [-0.2, -0.15) is 0 Å². The van der Waals surface area contributed by atoms with E-state index in [1.807, 2.05) is 0 Å². The molecule has 0 bridgehead atoms. The Hall–Kier alpha value is -1.24. The van der Waals surface area contributed by atoms with Crippen molar-refractivity contribution >= 4 is 11.0 Å².